The van der Waals surface area contributed by atoms with E-state index in [0.29, 0.717) is 11.3 Å². The van der Waals surface area contributed by atoms with E-state index in [-0.39, 0.29) is 25.0 Å². The van der Waals surface area contributed by atoms with Crippen molar-refractivity contribution < 1.29 is 19.1 Å². The van der Waals surface area contributed by atoms with E-state index in [2.05, 4.69) is 5.32 Å². The first kappa shape index (κ1) is 14.0. The van der Waals surface area contributed by atoms with Gasteiger partial charge in [-0.2, -0.15) is 0 Å². The lowest BCUT2D eigenvalue weighted by atomic mass is 10.1. The van der Waals surface area contributed by atoms with E-state index in [0.717, 1.165) is 0 Å². The molecular formula is C14H16N2O4. The summed E-state index contributed by atoms with van der Waals surface area (Å²) < 4.78 is 4.86. The van der Waals surface area contributed by atoms with Gasteiger partial charge >= 0.3 is 5.97 Å². The lowest BCUT2D eigenvalue weighted by Gasteiger charge is -2.16. The van der Waals surface area contributed by atoms with E-state index in [1.165, 1.54) is 11.8 Å². The zero-order valence-electron chi connectivity index (χ0n) is 11.4. The number of hydrogen-bond acceptors (Lipinski definition) is 4. The van der Waals surface area contributed by atoms with Crippen molar-refractivity contribution in [3.05, 3.63) is 29.8 Å². The highest BCUT2D eigenvalue weighted by atomic mass is 16.5. The van der Waals surface area contributed by atoms with Crippen molar-refractivity contribution in [1.82, 2.24) is 5.32 Å². The van der Waals surface area contributed by atoms with E-state index in [1.54, 1.807) is 31.2 Å². The van der Waals surface area contributed by atoms with Crippen LogP contribution in [0.15, 0.2) is 24.3 Å². The monoisotopic (exact) mass is 276 g/mol. The lowest BCUT2D eigenvalue weighted by Crippen LogP contribution is -2.39. The number of anilines is 1. The van der Waals surface area contributed by atoms with Crippen molar-refractivity contribution in [3.8, 4) is 0 Å². The van der Waals surface area contributed by atoms with Crippen molar-refractivity contribution in [2.45, 2.75) is 19.9 Å². The van der Waals surface area contributed by atoms with Crippen LogP contribution in [-0.4, -0.2) is 30.9 Å². The van der Waals surface area contributed by atoms with E-state index in [1.807, 2.05) is 0 Å². The summed E-state index contributed by atoms with van der Waals surface area (Å²) in [6.07, 6.45) is 0. The molecule has 0 fully saturated rings. The average Bonchev–Trinajstić information content (AvgIpc) is 2.65. The first-order valence-electron chi connectivity index (χ1n) is 6.37. The Morgan fingerprint density at radius 2 is 2.05 bits per heavy atom. The number of nitrogens with one attached hydrogen (secondary N) is 1. The summed E-state index contributed by atoms with van der Waals surface area (Å²) in [5, 5.41) is 2.60. The van der Waals surface area contributed by atoms with Crippen molar-refractivity contribution in [2.24, 2.45) is 0 Å². The molecule has 1 aliphatic heterocycles. The van der Waals surface area contributed by atoms with E-state index in [9.17, 15) is 14.4 Å². The third kappa shape index (κ3) is 2.64. The van der Waals surface area contributed by atoms with Gasteiger partial charge in [0.2, 0.25) is 5.91 Å². The van der Waals surface area contributed by atoms with Gasteiger partial charge in [-0.1, -0.05) is 18.2 Å². The minimum Gasteiger partial charge on any atom is -0.465 e. The Kier molecular flexibility index (Phi) is 4.02. The van der Waals surface area contributed by atoms with Gasteiger partial charge in [0, 0.05) is 12.5 Å². The average molecular weight is 276 g/mol. The maximum Gasteiger partial charge on any atom is 0.326 e. The van der Waals surface area contributed by atoms with Crippen molar-refractivity contribution in [3.63, 3.8) is 0 Å². The predicted molar refractivity (Wildman–Crippen MR) is 72.0 cm³/mol. The molecule has 20 heavy (non-hydrogen) atoms. The van der Waals surface area contributed by atoms with Gasteiger partial charge in [-0.25, -0.2) is 0 Å². The van der Waals surface area contributed by atoms with Crippen LogP contribution in [0.1, 0.15) is 25.5 Å². The second kappa shape index (κ2) is 5.73. The minimum absolute atomic E-state index is 0.153. The topological polar surface area (TPSA) is 75.7 Å². The van der Waals surface area contributed by atoms with Gasteiger partial charge in [-0.15, -0.1) is 0 Å². The zero-order valence-corrected chi connectivity index (χ0v) is 11.4. The first-order chi connectivity index (χ1) is 9.54. The number of ether oxygens (including phenoxy) is 1. The van der Waals surface area contributed by atoms with Gasteiger partial charge in [-0.05, 0) is 13.0 Å². The summed E-state index contributed by atoms with van der Waals surface area (Å²) >= 11 is 0. The summed E-state index contributed by atoms with van der Waals surface area (Å²) in [5.41, 5.74) is 1.32. The molecule has 6 heteroatoms. The number of esters is 1. The van der Waals surface area contributed by atoms with Crippen LogP contribution in [0.5, 0.6) is 0 Å². The molecule has 6 nitrogen and oxygen atoms in total. The molecule has 1 heterocycles. The Balaban J connectivity index is 2.28. The van der Waals surface area contributed by atoms with Crippen LogP contribution in [0.4, 0.5) is 5.69 Å². The van der Waals surface area contributed by atoms with Gasteiger partial charge in [0.1, 0.15) is 12.6 Å². The maximum atomic E-state index is 12.3. The molecule has 2 rings (SSSR count). The van der Waals surface area contributed by atoms with Crippen molar-refractivity contribution in [2.75, 3.05) is 18.1 Å². The fourth-order valence-corrected chi connectivity index (χ4v) is 2.23. The summed E-state index contributed by atoms with van der Waals surface area (Å²) in [6, 6.07) is 6.33. The number of carbonyl (C=O) groups excluding carboxylic acids is 3. The Morgan fingerprint density at radius 3 is 2.70 bits per heavy atom. The fraction of sp³-hybridized carbons (Fsp3) is 0.357. The van der Waals surface area contributed by atoms with E-state index in [4.69, 9.17) is 4.74 Å². The van der Waals surface area contributed by atoms with Gasteiger partial charge in [0.05, 0.1) is 12.3 Å². The van der Waals surface area contributed by atoms with Crippen LogP contribution < -0.4 is 10.2 Å². The van der Waals surface area contributed by atoms with E-state index < -0.39 is 12.0 Å². The fourth-order valence-electron chi connectivity index (χ4n) is 2.23. The summed E-state index contributed by atoms with van der Waals surface area (Å²) in [7, 11) is 0. The molecular weight excluding hydrogens is 260 g/mol. The highest BCUT2D eigenvalue weighted by molar-refractivity contribution is 6.08. The van der Waals surface area contributed by atoms with Gasteiger partial charge < -0.3 is 10.1 Å². The Bertz CT molecular complexity index is 556. The second-order valence-corrected chi connectivity index (χ2v) is 4.42. The van der Waals surface area contributed by atoms with Gasteiger partial charge in [0.25, 0.3) is 5.91 Å². The summed E-state index contributed by atoms with van der Waals surface area (Å²) in [5.74, 6) is -1.09. The molecule has 0 spiro atoms. The van der Waals surface area contributed by atoms with Crippen LogP contribution in [0.3, 0.4) is 0 Å². The highest BCUT2D eigenvalue weighted by Gasteiger charge is 2.38. The normalized spacial score (nSPS) is 16.8. The molecule has 0 aliphatic carbocycles. The zero-order chi connectivity index (χ0) is 14.7. The summed E-state index contributed by atoms with van der Waals surface area (Å²) in [6.45, 7) is 3.17. The summed E-state index contributed by atoms with van der Waals surface area (Å²) in [4.78, 5) is 36.5. The molecule has 1 aromatic carbocycles. The molecule has 1 atom stereocenters. The highest BCUT2D eigenvalue weighted by Crippen LogP contribution is 2.35. The molecule has 1 aliphatic rings. The van der Waals surface area contributed by atoms with Crippen LogP contribution >= 0.6 is 0 Å². The Hall–Kier alpha value is -2.37. The SMILES string of the molecule is CCOC(=O)CN1C(=O)C(NC(C)=O)c2ccccc21. The smallest absolute Gasteiger partial charge is 0.326 e. The van der Waals surface area contributed by atoms with Crippen LogP contribution in [0, 0.1) is 0 Å². The van der Waals surface area contributed by atoms with Crippen LogP contribution in [0.2, 0.25) is 0 Å². The second-order valence-electron chi connectivity index (χ2n) is 4.42. The number of rotatable bonds is 4. The number of benzene rings is 1. The largest absolute Gasteiger partial charge is 0.465 e. The minimum atomic E-state index is -0.738. The van der Waals surface area contributed by atoms with Gasteiger partial charge in [0.15, 0.2) is 0 Å². The Morgan fingerprint density at radius 1 is 1.35 bits per heavy atom. The molecule has 0 saturated carbocycles. The lowest BCUT2D eigenvalue weighted by molar-refractivity contribution is -0.142. The molecule has 1 N–H and O–H groups in total. The van der Waals surface area contributed by atoms with Crippen LogP contribution in [0.25, 0.3) is 0 Å². The van der Waals surface area contributed by atoms with Gasteiger partial charge in [-0.3, -0.25) is 19.3 Å². The number of amides is 2. The molecule has 2 amide bonds. The standard InChI is InChI=1S/C14H16N2O4/c1-3-20-12(18)8-16-11-7-5-4-6-10(11)13(14(16)19)15-9(2)17/h4-7,13H,3,8H2,1-2H3,(H,15,17). The number of hydrogen-bond donors (Lipinski definition) is 1. The van der Waals surface area contributed by atoms with Crippen LogP contribution in [-0.2, 0) is 19.1 Å². The first-order valence-corrected chi connectivity index (χ1v) is 6.37. The number of nitrogens with zero attached hydrogens (tertiary/aromatic N) is 1. The molecule has 106 valence electrons. The third-order valence-electron chi connectivity index (χ3n) is 2.99. The number of para-hydroxylation sites is 1. The predicted octanol–water partition coefficient (Wildman–Crippen LogP) is 0.773. The third-order valence-corrected chi connectivity index (χ3v) is 2.99. The van der Waals surface area contributed by atoms with E-state index >= 15 is 0 Å². The number of carbonyl (C=O) groups is 3. The van der Waals surface area contributed by atoms with Crippen molar-refractivity contribution >= 4 is 23.5 Å². The molecule has 0 bridgehead atoms. The number of fused-ring (bicyclic) bond motifs is 1. The molecule has 0 saturated heterocycles. The Labute approximate surface area is 116 Å². The quantitative estimate of drug-likeness (QED) is 0.824. The van der Waals surface area contributed by atoms with Crippen molar-refractivity contribution in [1.29, 1.82) is 0 Å². The maximum absolute atomic E-state index is 12.3. The molecule has 0 radical (unpaired) electrons. The molecule has 1 aromatic rings. The molecule has 0 aromatic heterocycles. The molecule has 1 unspecified atom stereocenters.